The van der Waals surface area contributed by atoms with Crippen molar-refractivity contribution in [2.75, 3.05) is 13.2 Å². The van der Waals surface area contributed by atoms with Crippen LogP contribution < -0.4 is 4.74 Å². The fourth-order valence-corrected chi connectivity index (χ4v) is 1.27. The molecule has 0 spiro atoms. The summed E-state index contributed by atoms with van der Waals surface area (Å²) in [6, 6.07) is 5.66. The second-order valence-electron chi connectivity index (χ2n) is 3.94. The van der Waals surface area contributed by atoms with Gasteiger partial charge in [0.1, 0.15) is 18.0 Å². The van der Waals surface area contributed by atoms with E-state index < -0.39 is 0 Å². The standard InChI is InChI=1S/C11H13ClO2/c1-8-5-9(3-4-10(8)12)13-6-11(2)7-14-11/h3-5H,6-7H2,1-2H3. The Hall–Kier alpha value is -0.730. The Morgan fingerprint density at radius 1 is 1.57 bits per heavy atom. The highest BCUT2D eigenvalue weighted by atomic mass is 35.5. The van der Waals surface area contributed by atoms with Crippen LogP contribution in [0.1, 0.15) is 12.5 Å². The number of aryl methyl sites for hydroxylation is 1. The van der Waals surface area contributed by atoms with Gasteiger partial charge in [-0.25, -0.2) is 0 Å². The first-order valence-corrected chi connectivity index (χ1v) is 5.00. The summed E-state index contributed by atoms with van der Waals surface area (Å²) >= 11 is 5.90. The lowest BCUT2D eigenvalue weighted by atomic mass is 10.2. The largest absolute Gasteiger partial charge is 0.490 e. The van der Waals surface area contributed by atoms with E-state index in [9.17, 15) is 0 Å². The molecule has 1 fully saturated rings. The maximum atomic E-state index is 5.90. The average molecular weight is 213 g/mol. The van der Waals surface area contributed by atoms with Crippen LogP contribution in [-0.2, 0) is 4.74 Å². The van der Waals surface area contributed by atoms with Crippen molar-refractivity contribution in [2.45, 2.75) is 19.4 Å². The first kappa shape index (κ1) is 9.81. The summed E-state index contributed by atoms with van der Waals surface area (Å²) < 4.78 is 10.8. The van der Waals surface area contributed by atoms with E-state index in [4.69, 9.17) is 21.1 Å². The topological polar surface area (TPSA) is 21.8 Å². The van der Waals surface area contributed by atoms with Gasteiger partial charge in [0.25, 0.3) is 0 Å². The lowest BCUT2D eigenvalue weighted by molar-refractivity contribution is 0.202. The Labute approximate surface area is 88.8 Å². The third kappa shape index (κ3) is 2.20. The monoisotopic (exact) mass is 212 g/mol. The van der Waals surface area contributed by atoms with Gasteiger partial charge in [0, 0.05) is 5.02 Å². The number of rotatable bonds is 3. The van der Waals surface area contributed by atoms with E-state index >= 15 is 0 Å². The molecule has 2 rings (SSSR count). The molecule has 1 atom stereocenters. The van der Waals surface area contributed by atoms with Gasteiger partial charge >= 0.3 is 0 Å². The Morgan fingerprint density at radius 2 is 2.29 bits per heavy atom. The van der Waals surface area contributed by atoms with Gasteiger partial charge in [-0.1, -0.05) is 11.6 Å². The Balaban J connectivity index is 1.99. The van der Waals surface area contributed by atoms with Gasteiger partial charge in [0.15, 0.2) is 0 Å². The number of hydrogen-bond donors (Lipinski definition) is 0. The maximum Gasteiger partial charge on any atom is 0.123 e. The summed E-state index contributed by atoms with van der Waals surface area (Å²) in [5, 5.41) is 0.770. The lowest BCUT2D eigenvalue weighted by Crippen LogP contribution is -2.16. The second-order valence-corrected chi connectivity index (χ2v) is 4.35. The van der Waals surface area contributed by atoms with Crippen molar-refractivity contribution >= 4 is 11.6 Å². The van der Waals surface area contributed by atoms with Gasteiger partial charge in [-0.3, -0.25) is 0 Å². The van der Waals surface area contributed by atoms with Gasteiger partial charge < -0.3 is 9.47 Å². The minimum atomic E-state index is -0.0620. The molecule has 0 N–H and O–H groups in total. The molecule has 1 aliphatic heterocycles. The van der Waals surface area contributed by atoms with Crippen LogP contribution in [0, 0.1) is 6.92 Å². The molecule has 76 valence electrons. The third-order valence-corrected chi connectivity index (χ3v) is 2.73. The summed E-state index contributed by atoms with van der Waals surface area (Å²) in [6.45, 7) is 5.40. The fourth-order valence-electron chi connectivity index (χ4n) is 1.15. The van der Waals surface area contributed by atoms with Crippen molar-refractivity contribution in [3.05, 3.63) is 28.8 Å². The van der Waals surface area contributed by atoms with Gasteiger partial charge in [0.2, 0.25) is 0 Å². The van der Waals surface area contributed by atoms with Gasteiger partial charge in [-0.15, -0.1) is 0 Å². The quantitative estimate of drug-likeness (QED) is 0.719. The van der Waals surface area contributed by atoms with E-state index in [2.05, 4.69) is 0 Å². The van der Waals surface area contributed by atoms with E-state index in [0.29, 0.717) is 6.61 Å². The van der Waals surface area contributed by atoms with E-state index in [1.165, 1.54) is 0 Å². The summed E-state index contributed by atoms with van der Waals surface area (Å²) in [5.41, 5.74) is 0.971. The van der Waals surface area contributed by atoms with Crippen molar-refractivity contribution in [2.24, 2.45) is 0 Å². The van der Waals surface area contributed by atoms with E-state index in [1.807, 2.05) is 32.0 Å². The molecular weight excluding hydrogens is 200 g/mol. The highest BCUT2D eigenvalue weighted by Crippen LogP contribution is 2.28. The molecule has 1 unspecified atom stereocenters. The van der Waals surface area contributed by atoms with Crippen LogP contribution in [-0.4, -0.2) is 18.8 Å². The molecule has 3 heteroatoms. The maximum absolute atomic E-state index is 5.90. The zero-order valence-electron chi connectivity index (χ0n) is 8.34. The fraction of sp³-hybridized carbons (Fsp3) is 0.455. The second kappa shape index (κ2) is 3.44. The van der Waals surface area contributed by atoms with Crippen LogP contribution in [0.2, 0.25) is 5.02 Å². The van der Waals surface area contributed by atoms with Crippen molar-refractivity contribution in [1.29, 1.82) is 0 Å². The highest BCUT2D eigenvalue weighted by Gasteiger charge is 2.40. The van der Waals surface area contributed by atoms with E-state index in [0.717, 1.165) is 22.9 Å². The molecule has 0 amide bonds. The smallest absolute Gasteiger partial charge is 0.123 e. The molecule has 1 aromatic carbocycles. The van der Waals surface area contributed by atoms with Gasteiger partial charge in [-0.2, -0.15) is 0 Å². The van der Waals surface area contributed by atoms with Crippen LogP contribution in [0.25, 0.3) is 0 Å². The molecule has 0 aromatic heterocycles. The van der Waals surface area contributed by atoms with Crippen molar-refractivity contribution in [1.82, 2.24) is 0 Å². The molecule has 1 heterocycles. The number of halogens is 1. The van der Waals surface area contributed by atoms with Gasteiger partial charge in [-0.05, 0) is 37.6 Å². The first-order valence-electron chi connectivity index (χ1n) is 4.62. The molecule has 14 heavy (non-hydrogen) atoms. The number of epoxide rings is 1. The molecule has 2 nitrogen and oxygen atoms in total. The normalized spacial score (nSPS) is 24.8. The van der Waals surface area contributed by atoms with Crippen molar-refractivity contribution in [3.8, 4) is 5.75 Å². The molecule has 1 saturated heterocycles. The Morgan fingerprint density at radius 3 is 2.86 bits per heavy atom. The Bertz CT molecular complexity index is 345. The highest BCUT2D eigenvalue weighted by molar-refractivity contribution is 6.31. The number of benzene rings is 1. The Kier molecular flexibility index (Phi) is 2.41. The zero-order chi connectivity index (χ0) is 10.2. The van der Waals surface area contributed by atoms with Crippen molar-refractivity contribution in [3.63, 3.8) is 0 Å². The third-order valence-electron chi connectivity index (χ3n) is 2.31. The van der Waals surface area contributed by atoms with Crippen LogP contribution in [0.5, 0.6) is 5.75 Å². The molecule has 1 aliphatic rings. The summed E-state index contributed by atoms with van der Waals surface area (Å²) in [6.07, 6.45) is 0. The number of hydrogen-bond acceptors (Lipinski definition) is 2. The lowest BCUT2D eigenvalue weighted by Gasteiger charge is -2.09. The van der Waals surface area contributed by atoms with E-state index in [-0.39, 0.29) is 5.60 Å². The summed E-state index contributed by atoms with van der Waals surface area (Å²) in [5.74, 6) is 0.851. The SMILES string of the molecule is Cc1cc(OCC2(C)CO2)ccc1Cl. The predicted octanol–water partition coefficient (Wildman–Crippen LogP) is 2.82. The minimum absolute atomic E-state index is 0.0620. The molecule has 0 aliphatic carbocycles. The molecule has 0 bridgehead atoms. The van der Waals surface area contributed by atoms with Crippen molar-refractivity contribution < 1.29 is 9.47 Å². The van der Waals surface area contributed by atoms with E-state index in [1.54, 1.807) is 0 Å². The van der Waals surface area contributed by atoms with Crippen LogP contribution in [0.4, 0.5) is 0 Å². The van der Waals surface area contributed by atoms with Crippen LogP contribution in [0.3, 0.4) is 0 Å². The molecule has 0 radical (unpaired) electrons. The van der Waals surface area contributed by atoms with Gasteiger partial charge in [0.05, 0.1) is 6.61 Å². The average Bonchev–Trinajstić information content (AvgIpc) is 2.87. The molecular formula is C11H13ClO2. The summed E-state index contributed by atoms with van der Waals surface area (Å²) in [7, 11) is 0. The predicted molar refractivity (Wildman–Crippen MR) is 56.0 cm³/mol. The minimum Gasteiger partial charge on any atom is -0.490 e. The zero-order valence-corrected chi connectivity index (χ0v) is 9.10. The molecule has 0 saturated carbocycles. The van der Waals surface area contributed by atoms with Crippen LogP contribution in [0.15, 0.2) is 18.2 Å². The molecule has 1 aromatic rings. The summed E-state index contributed by atoms with van der Waals surface area (Å²) in [4.78, 5) is 0. The number of ether oxygens (including phenoxy) is 2. The van der Waals surface area contributed by atoms with Crippen LogP contribution >= 0.6 is 11.6 Å². The first-order chi connectivity index (χ1) is 6.59.